The molecule has 1 aliphatic heterocycles. The number of aromatic amines is 1. The van der Waals surface area contributed by atoms with E-state index in [4.69, 9.17) is 9.47 Å². The zero-order chi connectivity index (χ0) is 22.4. The number of amides is 1. The molecule has 0 spiro atoms. The van der Waals surface area contributed by atoms with Crippen LogP contribution >= 0.6 is 0 Å². The lowest BCUT2D eigenvalue weighted by atomic mass is 9.86. The molecule has 0 radical (unpaired) electrons. The van der Waals surface area contributed by atoms with Crippen LogP contribution in [-0.4, -0.2) is 47.2 Å². The number of piperidine rings is 1. The number of aromatic nitrogens is 1. The van der Waals surface area contributed by atoms with E-state index >= 15 is 0 Å². The van der Waals surface area contributed by atoms with E-state index in [1.807, 2.05) is 32.9 Å². The predicted molar refractivity (Wildman–Crippen MR) is 120 cm³/mol. The molecule has 1 saturated heterocycles. The molecule has 1 aliphatic rings. The first kappa shape index (κ1) is 22.7. The van der Waals surface area contributed by atoms with Gasteiger partial charge in [0, 0.05) is 25.8 Å². The average molecular weight is 428 g/mol. The molecule has 2 heterocycles. The van der Waals surface area contributed by atoms with E-state index in [1.54, 1.807) is 18.0 Å². The van der Waals surface area contributed by atoms with E-state index in [-0.39, 0.29) is 12.1 Å². The average Bonchev–Trinajstić information content (AvgIpc) is 3.20. The van der Waals surface area contributed by atoms with E-state index in [9.17, 15) is 9.59 Å². The number of esters is 1. The van der Waals surface area contributed by atoms with E-state index in [1.165, 1.54) is 11.1 Å². The summed E-state index contributed by atoms with van der Waals surface area (Å²) in [6.45, 7) is 9.77. The second-order valence-electron chi connectivity index (χ2n) is 8.78. The molecule has 2 N–H and O–H groups in total. The third-order valence-electron chi connectivity index (χ3n) is 5.34. The van der Waals surface area contributed by atoms with Crippen LogP contribution in [0.25, 0.3) is 0 Å². The van der Waals surface area contributed by atoms with Gasteiger partial charge in [-0.2, -0.15) is 0 Å². The van der Waals surface area contributed by atoms with E-state index in [0.717, 1.165) is 18.5 Å². The quantitative estimate of drug-likeness (QED) is 0.640. The molecule has 7 nitrogen and oxygen atoms in total. The Morgan fingerprint density at radius 2 is 1.87 bits per heavy atom. The lowest BCUT2D eigenvalue weighted by Crippen LogP contribution is -2.41. The van der Waals surface area contributed by atoms with Crippen molar-refractivity contribution in [2.75, 3.05) is 25.0 Å². The topological polar surface area (TPSA) is 83.7 Å². The molecule has 1 aromatic carbocycles. The number of carbonyl (C=O) groups is 2. The smallest absolute Gasteiger partial charge is 0.410 e. The van der Waals surface area contributed by atoms with Crippen LogP contribution in [0.4, 0.5) is 10.5 Å². The molecule has 0 atom stereocenters. The van der Waals surface area contributed by atoms with Crippen LogP contribution in [0, 0.1) is 0 Å². The summed E-state index contributed by atoms with van der Waals surface area (Å²) in [6.07, 6.45) is 3.29. The van der Waals surface area contributed by atoms with Gasteiger partial charge in [0.2, 0.25) is 0 Å². The summed E-state index contributed by atoms with van der Waals surface area (Å²) in [6, 6.07) is 10.2. The van der Waals surface area contributed by atoms with Crippen molar-refractivity contribution in [2.24, 2.45) is 0 Å². The normalized spacial score (nSPS) is 14.9. The molecule has 1 fully saturated rings. The Bertz CT molecular complexity index is 892. The molecular weight excluding hydrogens is 394 g/mol. The molecule has 31 heavy (non-hydrogen) atoms. The zero-order valence-corrected chi connectivity index (χ0v) is 18.9. The van der Waals surface area contributed by atoms with Gasteiger partial charge in [-0.25, -0.2) is 9.59 Å². The van der Waals surface area contributed by atoms with Crippen LogP contribution in [0.2, 0.25) is 0 Å². The van der Waals surface area contributed by atoms with Gasteiger partial charge in [-0.05, 0) is 63.6 Å². The maximum Gasteiger partial charge on any atom is 0.410 e. The number of hydrogen-bond donors (Lipinski definition) is 2. The molecule has 3 rings (SSSR count). The van der Waals surface area contributed by atoms with Gasteiger partial charge in [0.05, 0.1) is 12.3 Å². The Morgan fingerprint density at radius 3 is 2.55 bits per heavy atom. The highest BCUT2D eigenvalue weighted by molar-refractivity contribution is 5.93. The molecule has 0 saturated carbocycles. The number of hydrogen-bond acceptors (Lipinski definition) is 5. The molecule has 1 aromatic heterocycles. The van der Waals surface area contributed by atoms with Crippen LogP contribution in [0.1, 0.15) is 68.1 Å². The van der Waals surface area contributed by atoms with Crippen LogP contribution in [-0.2, 0) is 16.0 Å². The summed E-state index contributed by atoms with van der Waals surface area (Å²) < 4.78 is 10.6. The number of anilines is 1. The van der Waals surface area contributed by atoms with Gasteiger partial charge in [-0.1, -0.05) is 24.3 Å². The minimum absolute atomic E-state index is 0.236. The molecule has 168 valence electrons. The van der Waals surface area contributed by atoms with Crippen molar-refractivity contribution in [3.63, 3.8) is 0 Å². The van der Waals surface area contributed by atoms with Crippen LogP contribution < -0.4 is 5.32 Å². The van der Waals surface area contributed by atoms with Gasteiger partial charge in [-0.3, -0.25) is 0 Å². The van der Waals surface area contributed by atoms with E-state index < -0.39 is 5.60 Å². The lowest BCUT2D eigenvalue weighted by Gasteiger charge is -2.34. The van der Waals surface area contributed by atoms with Gasteiger partial charge >= 0.3 is 12.1 Å². The Morgan fingerprint density at radius 1 is 1.16 bits per heavy atom. The highest BCUT2D eigenvalue weighted by atomic mass is 16.6. The lowest BCUT2D eigenvalue weighted by molar-refractivity contribution is 0.0204. The molecule has 0 unspecified atom stereocenters. The number of nitrogens with one attached hydrogen (secondary N) is 2. The summed E-state index contributed by atoms with van der Waals surface area (Å²) in [4.78, 5) is 29.2. The summed E-state index contributed by atoms with van der Waals surface area (Å²) in [5.74, 6) is 0.0187. The van der Waals surface area contributed by atoms with Gasteiger partial charge in [-0.15, -0.1) is 0 Å². The summed E-state index contributed by atoms with van der Waals surface area (Å²) in [5, 5.41) is 3.36. The molecule has 1 amide bonds. The molecule has 0 aliphatic carbocycles. The number of benzene rings is 1. The highest BCUT2D eigenvalue weighted by Gasteiger charge is 2.28. The van der Waals surface area contributed by atoms with Gasteiger partial charge < -0.3 is 24.7 Å². The Labute approximate surface area is 184 Å². The monoisotopic (exact) mass is 427 g/mol. The summed E-state index contributed by atoms with van der Waals surface area (Å²) in [5.41, 5.74) is 3.16. The fraction of sp³-hybridized carbons (Fsp3) is 0.500. The summed E-state index contributed by atoms with van der Waals surface area (Å²) >= 11 is 0. The molecule has 2 aromatic rings. The van der Waals surface area contributed by atoms with E-state index in [2.05, 4.69) is 28.5 Å². The third-order valence-corrected chi connectivity index (χ3v) is 5.34. The van der Waals surface area contributed by atoms with Crippen molar-refractivity contribution in [2.45, 2.75) is 58.6 Å². The van der Waals surface area contributed by atoms with Crippen molar-refractivity contribution in [1.29, 1.82) is 0 Å². The molecule has 7 heteroatoms. The second-order valence-corrected chi connectivity index (χ2v) is 8.78. The number of H-pyrrole nitrogens is 1. The third kappa shape index (κ3) is 6.03. The van der Waals surface area contributed by atoms with Crippen LogP contribution in [0.3, 0.4) is 0 Å². The Kier molecular flexibility index (Phi) is 7.25. The maximum atomic E-state index is 12.3. The summed E-state index contributed by atoms with van der Waals surface area (Å²) in [7, 11) is 0. The Hall–Kier alpha value is -2.96. The number of ether oxygens (including phenoxy) is 2. The molecule has 0 bridgehead atoms. The maximum absolute atomic E-state index is 12.3. The fourth-order valence-corrected chi connectivity index (χ4v) is 3.87. The van der Waals surface area contributed by atoms with Gasteiger partial charge in [0.25, 0.3) is 0 Å². The predicted octanol–water partition coefficient (Wildman–Crippen LogP) is 4.92. The number of likely N-dealkylation sites (tertiary alicyclic amines) is 1. The van der Waals surface area contributed by atoms with Crippen molar-refractivity contribution in [3.8, 4) is 0 Å². The zero-order valence-electron chi connectivity index (χ0n) is 18.9. The first-order valence-electron chi connectivity index (χ1n) is 10.9. The minimum Gasteiger partial charge on any atom is -0.461 e. The van der Waals surface area contributed by atoms with E-state index in [0.29, 0.717) is 37.9 Å². The van der Waals surface area contributed by atoms with Crippen molar-refractivity contribution in [3.05, 3.63) is 53.3 Å². The van der Waals surface area contributed by atoms with Crippen molar-refractivity contribution in [1.82, 2.24) is 9.88 Å². The van der Waals surface area contributed by atoms with Crippen LogP contribution in [0.15, 0.2) is 36.5 Å². The largest absolute Gasteiger partial charge is 0.461 e. The number of nitrogens with zero attached hydrogens (tertiary/aromatic N) is 1. The van der Waals surface area contributed by atoms with Gasteiger partial charge in [0.1, 0.15) is 11.3 Å². The van der Waals surface area contributed by atoms with Crippen molar-refractivity contribution >= 4 is 17.7 Å². The molecular formula is C24H33N3O4. The van der Waals surface area contributed by atoms with Crippen molar-refractivity contribution < 1.29 is 19.1 Å². The Balaban J connectivity index is 1.63. The van der Waals surface area contributed by atoms with Crippen LogP contribution in [0.5, 0.6) is 0 Å². The first-order valence-corrected chi connectivity index (χ1v) is 10.9. The second kappa shape index (κ2) is 9.90. The highest BCUT2D eigenvalue weighted by Crippen LogP contribution is 2.31. The SMILES string of the molecule is CCOC(=O)c1[nH]ccc1NCc1ccccc1C1CCN(C(=O)OC(C)(C)C)CC1. The minimum atomic E-state index is -0.479. The number of carbonyl (C=O) groups excluding carboxylic acids is 2. The van der Waals surface area contributed by atoms with Gasteiger partial charge in [0.15, 0.2) is 0 Å². The first-order chi connectivity index (χ1) is 14.8. The number of rotatable bonds is 6. The standard InChI is InChI=1S/C24H33N3O4/c1-5-30-22(28)21-20(10-13-25-21)26-16-18-8-6-7-9-19(18)17-11-14-27(15-12-17)23(29)31-24(2,3)4/h6-10,13,17,25-26H,5,11-12,14-16H2,1-4H3. The fourth-order valence-electron chi connectivity index (χ4n) is 3.87.